The predicted octanol–water partition coefficient (Wildman–Crippen LogP) is 4.04. The maximum absolute atomic E-state index is 12.9. The second kappa shape index (κ2) is 7.89. The van der Waals surface area contributed by atoms with Gasteiger partial charge in [-0.25, -0.2) is 4.68 Å². The molecule has 0 radical (unpaired) electrons. The van der Waals surface area contributed by atoms with E-state index in [4.69, 9.17) is 9.84 Å². The molecular weight excluding hydrogens is 350 g/mol. The summed E-state index contributed by atoms with van der Waals surface area (Å²) < 4.78 is 7.19. The number of rotatable bonds is 7. The molecule has 28 heavy (non-hydrogen) atoms. The highest BCUT2D eigenvalue weighted by Gasteiger charge is 2.29. The molecule has 0 atom stereocenters. The van der Waals surface area contributed by atoms with E-state index in [1.807, 2.05) is 48.5 Å². The summed E-state index contributed by atoms with van der Waals surface area (Å²) in [6, 6.07) is 17.9. The fourth-order valence-corrected chi connectivity index (χ4v) is 3.41. The van der Waals surface area contributed by atoms with Crippen LogP contribution in [0, 0.1) is 6.92 Å². The van der Waals surface area contributed by atoms with Gasteiger partial charge in [0, 0.05) is 12.5 Å². The van der Waals surface area contributed by atoms with Crippen molar-refractivity contribution in [3.63, 3.8) is 0 Å². The lowest BCUT2D eigenvalue weighted by atomic mass is 10.1. The molecule has 0 saturated heterocycles. The number of ether oxygens (including phenoxy) is 1. The number of carbonyl (C=O) groups is 1. The van der Waals surface area contributed by atoms with Crippen LogP contribution in [-0.2, 0) is 6.42 Å². The molecular formula is C23H25N3O2. The highest BCUT2D eigenvalue weighted by atomic mass is 16.5. The monoisotopic (exact) mass is 375 g/mol. The SMILES string of the molecule is COc1ccc(C)cc1CCNC(=O)c1cc(C2CC2)nn1-c1ccccc1. The lowest BCUT2D eigenvalue weighted by Gasteiger charge is -2.11. The van der Waals surface area contributed by atoms with Crippen LogP contribution in [0.5, 0.6) is 5.75 Å². The third-order valence-corrected chi connectivity index (χ3v) is 5.07. The van der Waals surface area contributed by atoms with Crippen molar-refractivity contribution in [1.29, 1.82) is 0 Å². The second-order valence-electron chi connectivity index (χ2n) is 7.30. The molecule has 3 aromatic rings. The number of nitrogens with zero attached hydrogens (tertiary/aromatic N) is 2. The standard InChI is InChI=1S/C23H25N3O2/c1-16-8-11-22(28-2)18(14-16)12-13-24-23(27)21-15-20(17-9-10-17)25-26(21)19-6-4-3-5-7-19/h3-8,11,14-15,17H,9-10,12-13H2,1-2H3,(H,24,27). The molecule has 1 N–H and O–H groups in total. The van der Waals surface area contributed by atoms with Crippen LogP contribution in [0.2, 0.25) is 0 Å². The minimum atomic E-state index is -0.102. The number of methoxy groups -OCH3 is 1. The maximum Gasteiger partial charge on any atom is 0.270 e. The van der Waals surface area contributed by atoms with Crippen LogP contribution in [0.3, 0.4) is 0 Å². The molecule has 1 aliphatic rings. The Hall–Kier alpha value is -3.08. The Labute approximate surface area is 165 Å². The van der Waals surface area contributed by atoms with Gasteiger partial charge < -0.3 is 10.1 Å². The molecule has 144 valence electrons. The van der Waals surface area contributed by atoms with Crippen LogP contribution in [0.25, 0.3) is 5.69 Å². The van der Waals surface area contributed by atoms with E-state index in [2.05, 4.69) is 18.3 Å². The Bertz CT molecular complexity index is 975. The van der Waals surface area contributed by atoms with Gasteiger partial charge in [0.2, 0.25) is 0 Å². The number of para-hydroxylation sites is 1. The molecule has 1 fully saturated rings. The van der Waals surface area contributed by atoms with Crippen molar-refractivity contribution in [3.05, 3.63) is 77.1 Å². The highest BCUT2D eigenvalue weighted by Crippen LogP contribution is 2.39. The summed E-state index contributed by atoms with van der Waals surface area (Å²) in [6.07, 6.45) is 3.02. The zero-order chi connectivity index (χ0) is 19.5. The molecule has 5 nitrogen and oxygen atoms in total. The lowest BCUT2D eigenvalue weighted by Crippen LogP contribution is -2.28. The summed E-state index contributed by atoms with van der Waals surface area (Å²) in [4.78, 5) is 12.9. The Balaban J connectivity index is 1.50. The van der Waals surface area contributed by atoms with Gasteiger partial charge in [-0.3, -0.25) is 4.79 Å². The molecule has 0 spiro atoms. The van der Waals surface area contributed by atoms with E-state index in [1.165, 1.54) is 5.56 Å². The Kier molecular flexibility index (Phi) is 5.15. The van der Waals surface area contributed by atoms with Gasteiger partial charge in [-0.1, -0.05) is 35.9 Å². The van der Waals surface area contributed by atoms with Crippen LogP contribution in [0.1, 0.15) is 46.1 Å². The van der Waals surface area contributed by atoms with E-state index >= 15 is 0 Å². The number of aryl methyl sites for hydroxylation is 1. The topological polar surface area (TPSA) is 56.1 Å². The molecule has 1 heterocycles. The molecule has 5 heteroatoms. The third-order valence-electron chi connectivity index (χ3n) is 5.07. The lowest BCUT2D eigenvalue weighted by molar-refractivity contribution is 0.0946. The number of aromatic nitrogens is 2. The van der Waals surface area contributed by atoms with Crippen LogP contribution >= 0.6 is 0 Å². The molecule has 1 aliphatic carbocycles. The van der Waals surface area contributed by atoms with Crippen LogP contribution < -0.4 is 10.1 Å². The van der Waals surface area contributed by atoms with Crippen molar-refractivity contribution in [2.45, 2.75) is 32.1 Å². The van der Waals surface area contributed by atoms with Crippen LogP contribution in [-0.4, -0.2) is 29.3 Å². The first-order valence-corrected chi connectivity index (χ1v) is 9.73. The van der Waals surface area contributed by atoms with E-state index < -0.39 is 0 Å². The van der Waals surface area contributed by atoms with Gasteiger partial charge >= 0.3 is 0 Å². The zero-order valence-electron chi connectivity index (χ0n) is 16.3. The van der Waals surface area contributed by atoms with Gasteiger partial charge in [0.05, 0.1) is 18.5 Å². The average Bonchev–Trinajstić information content (AvgIpc) is 3.47. The molecule has 0 aliphatic heterocycles. The fourth-order valence-electron chi connectivity index (χ4n) is 3.41. The number of amides is 1. The average molecular weight is 375 g/mol. The van der Waals surface area contributed by atoms with Gasteiger partial charge in [-0.05, 0) is 56.0 Å². The molecule has 4 rings (SSSR count). The molecule has 2 aromatic carbocycles. The first-order valence-electron chi connectivity index (χ1n) is 9.73. The summed E-state index contributed by atoms with van der Waals surface area (Å²) in [5.41, 5.74) is 4.77. The number of hydrogen-bond acceptors (Lipinski definition) is 3. The number of carbonyl (C=O) groups excluding carboxylic acids is 1. The first-order chi connectivity index (χ1) is 13.7. The second-order valence-corrected chi connectivity index (χ2v) is 7.30. The van der Waals surface area contributed by atoms with E-state index in [0.29, 0.717) is 24.6 Å². The van der Waals surface area contributed by atoms with Crippen molar-refractivity contribution >= 4 is 5.91 Å². The maximum atomic E-state index is 12.9. The Morgan fingerprint density at radius 3 is 2.68 bits per heavy atom. The van der Waals surface area contributed by atoms with Gasteiger partial charge in [0.25, 0.3) is 5.91 Å². The highest BCUT2D eigenvalue weighted by molar-refractivity contribution is 5.93. The summed E-state index contributed by atoms with van der Waals surface area (Å²) in [6.45, 7) is 2.59. The molecule has 0 bridgehead atoms. The minimum absolute atomic E-state index is 0.102. The molecule has 0 unspecified atom stereocenters. The summed E-state index contributed by atoms with van der Waals surface area (Å²) in [5.74, 6) is 1.24. The summed E-state index contributed by atoms with van der Waals surface area (Å²) in [7, 11) is 1.67. The van der Waals surface area contributed by atoms with Gasteiger partial charge in [-0.15, -0.1) is 0 Å². The van der Waals surface area contributed by atoms with Crippen LogP contribution in [0.4, 0.5) is 0 Å². The van der Waals surface area contributed by atoms with Gasteiger partial charge in [0.15, 0.2) is 0 Å². The van der Waals surface area contributed by atoms with Crippen molar-refractivity contribution in [2.24, 2.45) is 0 Å². The van der Waals surface area contributed by atoms with Crippen molar-refractivity contribution in [2.75, 3.05) is 13.7 Å². The molecule has 1 saturated carbocycles. The summed E-state index contributed by atoms with van der Waals surface area (Å²) >= 11 is 0. The number of benzene rings is 2. The molecule has 1 amide bonds. The van der Waals surface area contributed by atoms with Gasteiger partial charge in [-0.2, -0.15) is 5.10 Å². The van der Waals surface area contributed by atoms with E-state index in [1.54, 1.807) is 11.8 Å². The summed E-state index contributed by atoms with van der Waals surface area (Å²) in [5, 5.41) is 7.75. The molecule has 1 aromatic heterocycles. The zero-order valence-corrected chi connectivity index (χ0v) is 16.3. The van der Waals surface area contributed by atoms with E-state index in [0.717, 1.165) is 35.5 Å². The van der Waals surface area contributed by atoms with E-state index in [9.17, 15) is 4.79 Å². The largest absolute Gasteiger partial charge is 0.496 e. The van der Waals surface area contributed by atoms with Crippen LogP contribution in [0.15, 0.2) is 54.6 Å². The van der Waals surface area contributed by atoms with Crippen molar-refractivity contribution in [1.82, 2.24) is 15.1 Å². The quantitative estimate of drug-likeness (QED) is 0.678. The predicted molar refractivity (Wildman–Crippen MR) is 109 cm³/mol. The smallest absolute Gasteiger partial charge is 0.270 e. The Morgan fingerprint density at radius 1 is 1.18 bits per heavy atom. The van der Waals surface area contributed by atoms with Crippen molar-refractivity contribution < 1.29 is 9.53 Å². The fraction of sp³-hybridized carbons (Fsp3) is 0.304. The first kappa shape index (κ1) is 18.3. The number of hydrogen-bond donors (Lipinski definition) is 1. The third kappa shape index (κ3) is 3.93. The van der Waals surface area contributed by atoms with E-state index in [-0.39, 0.29) is 5.91 Å². The minimum Gasteiger partial charge on any atom is -0.496 e. The Morgan fingerprint density at radius 2 is 1.96 bits per heavy atom. The number of nitrogens with one attached hydrogen (secondary N) is 1. The normalized spacial score (nSPS) is 13.4. The van der Waals surface area contributed by atoms with Gasteiger partial charge in [0.1, 0.15) is 11.4 Å². The van der Waals surface area contributed by atoms with Crippen molar-refractivity contribution in [3.8, 4) is 11.4 Å².